The van der Waals surface area contributed by atoms with Gasteiger partial charge in [0.25, 0.3) is 0 Å². The van der Waals surface area contributed by atoms with Crippen LogP contribution >= 0.6 is 0 Å². The molecule has 140 valence electrons. The molecule has 3 rings (SSSR count). The predicted octanol–water partition coefficient (Wildman–Crippen LogP) is 3.31. The van der Waals surface area contributed by atoms with Crippen LogP contribution in [0, 0.1) is 0 Å². The molecule has 1 heterocycles. The first kappa shape index (κ1) is 19.9. The summed E-state index contributed by atoms with van der Waals surface area (Å²) in [5.41, 5.74) is 0.972. The number of hydrogen-bond acceptors (Lipinski definition) is 3. The summed E-state index contributed by atoms with van der Waals surface area (Å²) in [5, 5.41) is 22.0. The van der Waals surface area contributed by atoms with E-state index < -0.39 is 17.7 Å². The molecule has 7 heteroatoms. The number of carboxylic acids is 1. The number of rotatable bonds is 3. The lowest BCUT2D eigenvalue weighted by atomic mass is 9.79. The van der Waals surface area contributed by atoms with Gasteiger partial charge < -0.3 is 15.5 Å². The fourth-order valence-corrected chi connectivity index (χ4v) is 2.99. The highest BCUT2D eigenvalue weighted by Crippen LogP contribution is 2.36. The van der Waals surface area contributed by atoms with Crippen LogP contribution in [0.2, 0.25) is 0 Å². The zero-order valence-corrected chi connectivity index (χ0v) is 13.9. The molecule has 0 bridgehead atoms. The number of benzene rings is 2. The first-order valence-corrected chi connectivity index (χ1v) is 8.13. The lowest BCUT2D eigenvalue weighted by Gasteiger charge is -2.35. The van der Waals surface area contributed by atoms with Gasteiger partial charge >= 0.3 is 12.1 Å². The molecule has 0 spiro atoms. The Bertz CT molecular complexity index is 659. The summed E-state index contributed by atoms with van der Waals surface area (Å²) in [6.45, 7) is 0.979. The summed E-state index contributed by atoms with van der Waals surface area (Å²) in [6.07, 6.45) is -2.97. The lowest BCUT2D eigenvalue weighted by molar-refractivity contribution is -0.192. The molecule has 1 aliphatic heterocycles. The number of carboxylic acid groups (broad SMARTS) is 1. The Hall–Kier alpha value is -2.38. The lowest BCUT2D eigenvalue weighted by Crippen LogP contribution is -2.46. The molecule has 2 aromatic carbocycles. The minimum atomic E-state index is -5.08. The molecule has 3 N–H and O–H groups in total. The van der Waals surface area contributed by atoms with Gasteiger partial charge in [-0.15, -0.1) is 0 Å². The summed E-state index contributed by atoms with van der Waals surface area (Å²) in [5.74, 6) is -2.76. The molecule has 1 saturated heterocycles. The third-order valence-electron chi connectivity index (χ3n) is 4.23. The van der Waals surface area contributed by atoms with Gasteiger partial charge in [0.15, 0.2) is 0 Å². The van der Waals surface area contributed by atoms with Gasteiger partial charge in [-0.25, -0.2) is 4.79 Å². The molecule has 26 heavy (non-hydrogen) atoms. The number of aliphatic hydroxyl groups is 1. The maximum absolute atomic E-state index is 11.4. The molecular formula is C19H20F3NO3. The third kappa shape index (κ3) is 4.62. The highest BCUT2D eigenvalue weighted by Gasteiger charge is 2.41. The SMILES string of the molecule is O=C(O)C(F)(F)F.OC(c1ccccc1)(c1ccccc1)[C@@H]1CCCN1. The van der Waals surface area contributed by atoms with E-state index in [9.17, 15) is 18.3 Å². The summed E-state index contributed by atoms with van der Waals surface area (Å²) in [7, 11) is 0. The van der Waals surface area contributed by atoms with Crippen molar-refractivity contribution >= 4 is 5.97 Å². The summed E-state index contributed by atoms with van der Waals surface area (Å²) in [6, 6.07) is 20.0. The average Bonchev–Trinajstić information content (AvgIpc) is 3.17. The van der Waals surface area contributed by atoms with Crippen molar-refractivity contribution in [3.63, 3.8) is 0 Å². The maximum atomic E-state index is 11.4. The van der Waals surface area contributed by atoms with E-state index in [2.05, 4.69) is 5.32 Å². The van der Waals surface area contributed by atoms with E-state index in [1.54, 1.807) is 0 Å². The Kier molecular flexibility index (Phi) is 6.39. The molecule has 2 aromatic rings. The van der Waals surface area contributed by atoms with Gasteiger partial charge in [-0.2, -0.15) is 13.2 Å². The van der Waals surface area contributed by atoms with Crippen LogP contribution in [0.1, 0.15) is 24.0 Å². The van der Waals surface area contributed by atoms with Crippen LogP contribution in [0.3, 0.4) is 0 Å². The molecule has 0 unspecified atom stereocenters. The van der Waals surface area contributed by atoms with Crippen molar-refractivity contribution in [3.05, 3.63) is 71.8 Å². The summed E-state index contributed by atoms with van der Waals surface area (Å²) in [4.78, 5) is 8.90. The van der Waals surface area contributed by atoms with Crippen LogP contribution in [0.5, 0.6) is 0 Å². The second-order valence-corrected chi connectivity index (χ2v) is 5.95. The number of carbonyl (C=O) groups is 1. The Balaban J connectivity index is 0.000000298. The van der Waals surface area contributed by atoms with Crippen molar-refractivity contribution in [1.82, 2.24) is 5.32 Å². The number of halogens is 3. The van der Waals surface area contributed by atoms with Crippen LogP contribution in [0.15, 0.2) is 60.7 Å². The standard InChI is InChI=1S/C17H19NO.C2HF3O2/c19-17(16-12-7-13-18-16,14-8-3-1-4-9-14)15-10-5-2-6-11-15;3-2(4,5)1(6)7/h1-6,8-11,16,18-19H,7,12-13H2;(H,6,7)/t16-;/m0./s1. The van der Waals surface area contributed by atoms with Crippen molar-refractivity contribution in [2.75, 3.05) is 6.54 Å². The van der Waals surface area contributed by atoms with E-state index in [1.807, 2.05) is 60.7 Å². The van der Waals surface area contributed by atoms with Crippen molar-refractivity contribution in [2.45, 2.75) is 30.7 Å². The Morgan fingerprint density at radius 1 is 0.962 bits per heavy atom. The molecular weight excluding hydrogens is 347 g/mol. The van der Waals surface area contributed by atoms with Crippen LogP contribution in [0.4, 0.5) is 13.2 Å². The molecule has 0 amide bonds. The fourth-order valence-electron chi connectivity index (χ4n) is 2.99. The van der Waals surface area contributed by atoms with E-state index in [0.717, 1.165) is 30.5 Å². The molecule has 1 fully saturated rings. The van der Waals surface area contributed by atoms with Crippen LogP contribution in [0.25, 0.3) is 0 Å². The van der Waals surface area contributed by atoms with E-state index in [4.69, 9.17) is 9.90 Å². The number of aliphatic carboxylic acids is 1. The fraction of sp³-hybridized carbons (Fsp3) is 0.316. The van der Waals surface area contributed by atoms with E-state index >= 15 is 0 Å². The van der Waals surface area contributed by atoms with Crippen molar-refractivity contribution in [3.8, 4) is 0 Å². The van der Waals surface area contributed by atoms with Gasteiger partial charge in [-0.1, -0.05) is 60.7 Å². The van der Waals surface area contributed by atoms with Gasteiger partial charge in [0.1, 0.15) is 5.60 Å². The minimum Gasteiger partial charge on any atom is -0.475 e. The maximum Gasteiger partial charge on any atom is 0.490 e. The van der Waals surface area contributed by atoms with Crippen LogP contribution < -0.4 is 5.32 Å². The normalized spacial score (nSPS) is 17.3. The molecule has 0 aliphatic carbocycles. The largest absolute Gasteiger partial charge is 0.490 e. The molecule has 0 radical (unpaired) electrons. The van der Waals surface area contributed by atoms with Crippen LogP contribution in [-0.4, -0.2) is 34.9 Å². The van der Waals surface area contributed by atoms with Gasteiger partial charge in [0.05, 0.1) is 0 Å². The van der Waals surface area contributed by atoms with Gasteiger partial charge in [0.2, 0.25) is 0 Å². The highest BCUT2D eigenvalue weighted by atomic mass is 19.4. The molecule has 4 nitrogen and oxygen atoms in total. The van der Waals surface area contributed by atoms with Crippen molar-refractivity contribution in [1.29, 1.82) is 0 Å². The van der Waals surface area contributed by atoms with E-state index in [1.165, 1.54) is 0 Å². The second kappa shape index (κ2) is 8.33. The molecule has 1 atom stereocenters. The monoisotopic (exact) mass is 367 g/mol. The third-order valence-corrected chi connectivity index (χ3v) is 4.23. The summed E-state index contributed by atoms with van der Waals surface area (Å²) < 4.78 is 31.7. The van der Waals surface area contributed by atoms with Crippen molar-refractivity contribution in [2.24, 2.45) is 0 Å². The van der Waals surface area contributed by atoms with Gasteiger partial charge in [-0.05, 0) is 30.5 Å². The summed E-state index contributed by atoms with van der Waals surface area (Å²) >= 11 is 0. The van der Waals surface area contributed by atoms with E-state index in [0.29, 0.717) is 0 Å². The second-order valence-electron chi connectivity index (χ2n) is 5.95. The zero-order valence-electron chi connectivity index (χ0n) is 13.9. The zero-order chi connectivity index (χ0) is 19.2. The number of hydrogen-bond donors (Lipinski definition) is 3. The Morgan fingerprint density at radius 3 is 1.69 bits per heavy atom. The first-order valence-electron chi connectivity index (χ1n) is 8.13. The first-order chi connectivity index (χ1) is 12.3. The van der Waals surface area contributed by atoms with Crippen LogP contribution in [-0.2, 0) is 10.4 Å². The van der Waals surface area contributed by atoms with E-state index in [-0.39, 0.29) is 6.04 Å². The highest BCUT2D eigenvalue weighted by molar-refractivity contribution is 5.73. The smallest absolute Gasteiger partial charge is 0.475 e. The number of nitrogens with one attached hydrogen (secondary N) is 1. The molecule has 0 saturated carbocycles. The average molecular weight is 367 g/mol. The Morgan fingerprint density at radius 2 is 1.38 bits per heavy atom. The topological polar surface area (TPSA) is 69.6 Å². The van der Waals surface area contributed by atoms with Gasteiger partial charge in [0, 0.05) is 6.04 Å². The Labute approximate surface area is 149 Å². The quantitative estimate of drug-likeness (QED) is 0.779. The number of alkyl halides is 3. The van der Waals surface area contributed by atoms with Crippen molar-refractivity contribution < 1.29 is 28.2 Å². The van der Waals surface area contributed by atoms with Gasteiger partial charge in [-0.3, -0.25) is 0 Å². The molecule has 1 aliphatic rings. The molecule has 0 aromatic heterocycles. The predicted molar refractivity (Wildman–Crippen MR) is 90.6 cm³/mol. The minimum absolute atomic E-state index is 0.0808.